The van der Waals surface area contributed by atoms with Gasteiger partial charge >= 0.3 is 0 Å². The minimum Gasteiger partial charge on any atom is -0.495 e. The first-order valence-electron chi connectivity index (χ1n) is 8.36. The van der Waals surface area contributed by atoms with Gasteiger partial charge in [-0.1, -0.05) is 12.1 Å². The number of rotatable bonds is 7. The maximum atomic E-state index is 12.3. The van der Waals surface area contributed by atoms with Gasteiger partial charge in [0.15, 0.2) is 0 Å². The molecule has 0 unspecified atom stereocenters. The van der Waals surface area contributed by atoms with Crippen molar-refractivity contribution in [3.63, 3.8) is 0 Å². The summed E-state index contributed by atoms with van der Waals surface area (Å²) in [5, 5.41) is 5.80. The fraction of sp³-hybridized carbons (Fsp3) is 0.316. The maximum absolute atomic E-state index is 12.3. The molecule has 0 heterocycles. The molecular formula is C19H25N3O4S. The molecule has 2 aromatic carbocycles. The van der Waals surface area contributed by atoms with E-state index in [0.29, 0.717) is 17.1 Å². The standard InChI is InChI=1S/C19H25N3O4S/c1-13-6-9-18(26-5)17(10-13)21-19(23)12-20-16-11-15(8-7-14(16)2)27(24,25)22(3)4/h6-11,20H,12H2,1-5H3,(H,21,23). The Kier molecular flexibility index (Phi) is 6.45. The Morgan fingerprint density at radius 3 is 2.41 bits per heavy atom. The van der Waals surface area contributed by atoms with Crippen LogP contribution in [0.1, 0.15) is 11.1 Å². The van der Waals surface area contributed by atoms with Gasteiger partial charge in [-0.05, 0) is 49.2 Å². The number of hydrogen-bond acceptors (Lipinski definition) is 5. The molecule has 0 aromatic heterocycles. The molecule has 2 N–H and O–H groups in total. The smallest absolute Gasteiger partial charge is 0.243 e. The highest BCUT2D eigenvalue weighted by Crippen LogP contribution is 2.25. The van der Waals surface area contributed by atoms with Gasteiger partial charge in [-0.25, -0.2) is 12.7 Å². The monoisotopic (exact) mass is 391 g/mol. The molecule has 0 saturated carbocycles. The van der Waals surface area contributed by atoms with Gasteiger partial charge in [0.2, 0.25) is 15.9 Å². The van der Waals surface area contributed by atoms with Crippen molar-refractivity contribution in [3.05, 3.63) is 47.5 Å². The highest BCUT2D eigenvalue weighted by molar-refractivity contribution is 7.89. The Bertz CT molecular complexity index is 940. The van der Waals surface area contributed by atoms with E-state index in [-0.39, 0.29) is 17.3 Å². The third kappa shape index (κ3) is 4.99. The first-order chi connectivity index (χ1) is 12.6. The highest BCUT2D eigenvalue weighted by atomic mass is 32.2. The molecule has 7 nitrogen and oxygen atoms in total. The number of nitrogens with zero attached hydrogens (tertiary/aromatic N) is 1. The fourth-order valence-corrected chi connectivity index (χ4v) is 3.38. The molecule has 0 radical (unpaired) electrons. The van der Waals surface area contributed by atoms with Crippen LogP contribution in [0.4, 0.5) is 11.4 Å². The predicted molar refractivity (Wildman–Crippen MR) is 107 cm³/mol. The van der Waals surface area contributed by atoms with E-state index in [9.17, 15) is 13.2 Å². The zero-order valence-electron chi connectivity index (χ0n) is 16.2. The number of benzene rings is 2. The lowest BCUT2D eigenvalue weighted by Gasteiger charge is -2.15. The number of hydrogen-bond donors (Lipinski definition) is 2. The molecule has 0 aliphatic carbocycles. The molecule has 146 valence electrons. The molecule has 0 aliphatic heterocycles. The molecule has 0 aliphatic rings. The van der Waals surface area contributed by atoms with Crippen LogP contribution in [0.5, 0.6) is 5.75 Å². The van der Waals surface area contributed by atoms with Crippen molar-refractivity contribution in [2.75, 3.05) is 38.4 Å². The second-order valence-electron chi connectivity index (χ2n) is 6.37. The zero-order chi connectivity index (χ0) is 20.2. The number of ether oxygens (including phenoxy) is 1. The number of sulfonamides is 1. The van der Waals surface area contributed by atoms with Crippen molar-refractivity contribution in [3.8, 4) is 5.75 Å². The first-order valence-corrected chi connectivity index (χ1v) is 9.80. The summed E-state index contributed by atoms with van der Waals surface area (Å²) in [4.78, 5) is 12.5. The SMILES string of the molecule is COc1ccc(C)cc1NC(=O)CNc1cc(S(=O)(=O)N(C)C)ccc1C. The van der Waals surface area contributed by atoms with E-state index in [0.717, 1.165) is 15.4 Å². The van der Waals surface area contributed by atoms with Gasteiger partial charge in [0.05, 0.1) is 24.2 Å². The molecule has 0 fully saturated rings. The Morgan fingerprint density at radius 2 is 1.78 bits per heavy atom. The lowest BCUT2D eigenvalue weighted by Crippen LogP contribution is -2.24. The van der Waals surface area contributed by atoms with Crippen molar-refractivity contribution in [2.45, 2.75) is 18.7 Å². The van der Waals surface area contributed by atoms with Gasteiger partial charge in [-0.2, -0.15) is 0 Å². The molecule has 0 saturated heterocycles. The number of carbonyl (C=O) groups is 1. The Labute approximate surface area is 160 Å². The fourth-order valence-electron chi connectivity index (χ4n) is 2.45. The molecule has 8 heteroatoms. The van der Waals surface area contributed by atoms with Gasteiger partial charge < -0.3 is 15.4 Å². The van der Waals surface area contributed by atoms with E-state index in [1.807, 2.05) is 26.0 Å². The van der Waals surface area contributed by atoms with Crippen LogP contribution in [-0.2, 0) is 14.8 Å². The molecule has 1 amide bonds. The second-order valence-corrected chi connectivity index (χ2v) is 8.52. The third-order valence-electron chi connectivity index (χ3n) is 4.06. The molecule has 2 aromatic rings. The first kappa shape index (κ1) is 20.7. The van der Waals surface area contributed by atoms with Crippen LogP contribution in [0.25, 0.3) is 0 Å². The average Bonchev–Trinajstić information content (AvgIpc) is 2.61. The van der Waals surface area contributed by atoms with E-state index in [1.165, 1.54) is 20.2 Å². The largest absolute Gasteiger partial charge is 0.495 e. The minimum absolute atomic E-state index is 0.0105. The topological polar surface area (TPSA) is 87.7 Å². The van der Waals surface area contributed by atoms with Crippen LogP contribution >= 0.6 is 0 Å². The number of anilines is 2. The predicted octanol–water partition coefficient (Wildman–Crippen LogP) is 2.61. The van der Waals surface area contributed by atoms with Crippen molar-refractivity contribution in [1.82, 2.24) is 4.31 Å². The van der Waals surface area contributed by atoms with E-state index >= 15 is 0 Å². The van der Waals surface area contributed by atoms with Crippen LogP contribution in [-0.4, -0.2) is 46.4 Å². The Hall–Kier alpha value is -2.58. The molecule has 27 heavy (non-hydrogen) atoms. The average molecular weight is 391 g/mol. The van der Waals surface area contributed by atoms with Gasteiger partial charge in [-0.3, -0.25) is 4.79 Å². The number of carbonyl (C=O) groups excluding carboxylic acids is 1. The summed E-state index contributed by atoms with van der Waals surface area (Å²) in [6, 6.07) is 10.3. The summed E-state index contributed by atoms with van der Waals surface area (Å²) in [6.07, 6.45) is 0. The quantitative estimate of drug-likeness (QED) is 0.758. The van der Waals surface area contributed by atoms with E-state index in [1.54, 1.807) is 25.3 Å². The van der Waals surface area contributed by atoms with Crippen molar-refractivity contribution in [1.29, 1.82) is 0 Å². The van der Waals surface area contributed by atoms with Crippen molar-refractivity contribution in [2.24, 2.45) is 0 Å². The summed E-state index contributed by atoms with van der Waals surface area (Å²) in [5.41, 5.74) is 3.01. The minimum atomic E-state index is -3.54. The van der Waals surface area contributed by atoms with Crippen molar-refractivity contribution >= 4 is 27.3 Å². The third-order valence-corrected chi connectivity index (χ3v) is 5.87. The number of methoxy groups -OCH3 is 1. The van der Waals surface area contributed by atoms with Crippen LogP contribution in [0, 0.1) is 13.8 Å². The normalized spacial score (nSPS) is 11.3. The second kappa shape index (κ2) is 8.41. The van der Waals surface area contributed by atoms with Gasteiger partial charge in [0.1, 0.15) is 5.75 Å². The summed E-state index contributed by atoms with van der Waals surface area (Å²) in [7, 11) is 0.954. The summed E-state index contributed by atoms with van der Waals surface area (Å²) in [6.45, 7) is 3.76. The van der Waals surface area contributed by atoms with E-state index < -0.39 is 10.0 Å². The molecular weight excluding hydrogens is 366 g/mol. The van der Waals surface area contributed by atoms with Crippen molar-refractivity contribution < 1.29 is 17.9 Å². The maximum Gasteiger partial charge on any atom is 0.243 e. The number of aryl methyl sites for hydroxylation is 2. The molecule has 0 atom stereocenters. The van der Waals surface area contributed by atoms with Crippen LogP contribution in [0.3, 0.4) is 0 Å². The summed E-state index contributed by atoms with van der Waals surface area (Å²) >= 11 is 0. The highest BCUT2D eigenvalue weighted by Gasteiger charge is 2.18. The lowest BCUT2D eigenvalue weighted by atomic mass is 10.2. The summed E-state index contributed by atoms with van der Waals surface area (Å²) in [5.74, 6) is 0.309. The molecule has 2 rings (SSSR count). The number of nitrogens with one attached hydrogen (secondary N) is 2. The van der Waals surface area contributed by atoms with E-state index in [4.69, 9.17) is 4.74 Å². The molecule has 0 spiro atoms. The van der Waals surface area contributed by atoms with Crippen LogP contribution in [0.15, 0.2) is 41.3 Å². The van der Waals surface area contributed by atoms with Gasteiger partial charge in [-0.15, -0.1) is 0 Å². The van der Waals surface area contributed by atoms with Crippen LogP contribution in [0.2, 0.25) is 0 Å². The Morgan fingerprint density at radius 1 is 1.07 bits per heavy atom. The molecule has 0 bridgehead atoms. The number of amides is 1. The Balaban J connectivity index is 2.13. The zero-order valence-corrected chi connectivity index (χ0v) is 17.0. The summed E-state index contributed by atoms with van der Waals surface area (Å²) < 4.78 is 31.0. The van der Waals surface area contributed by atoms with Gasteiger partial charge in [0.25, 0.3) is 0 Å². The van der Waals surface area contributed by atoms with Gasteiger partial charge in [0, 0.05) is 19.8 Å². The van der Waals surface area contributed by atoms with Crippen LogP contribution < -0.4 is 15.4 Å². The lowest BCUT2D eigenvalue weighted by molar-refractivity contribution is -0.114. The van der Waals surface area contributed by atoms with E-state index in [2.05, 4.69) is 10.6 Å².